The Morgan fingerprint density at radius 2 is 1.91 bits per heavy atom. The molecule has 5 aromatic rings. The van der Waals surface area contributed by atoms with Crippen LogP contribution in [0.3, 0.4) is 0 Å². The summed E-state index contributed by atoms with van der Waals surface area (Å²) in [6.07, 6.45) is 7.08. The number of nitrogens with one attached hydrogen (secondary N) is 2. The van der Waals surface area contributed by atoms with Gasteiger partial charge in [0, 0.05) is 34.1 Å². The van der Waals surface area contributed by atoms with Gasteiger partial charge in [-0.3, -0.25) is 19.6 Å². The SMILES string of the molecule is CC(C)Cc1nc2c(c(-c3cc4ccnc(NC5CCc6ncccc65)c4s3)c1C=O)C(=O)NC2C.Cc1ccc(F)cc1. The Labute approximate surface area is 260 Å². The lowest BCUT2D eigenvalue weighted by Gasteiger charge is -2.15. The lowest BCUT2D eigenvalue weighted by atomic mass is 9.93. The number of hydrogen-bond donors (Lipinski definition) is 2. The molecule has 0 bridgehead atoms. The molecule has 2 aliphatic rings. The highest BCUT2D eigenvalue weighted by molar-refractivity contribution is 7.22. The van der Waals surface area contributed by atoms with Crippen molar-refractivity contribution >= 4 is 39.4 Å². The number of pyridine rings is 3. The van der Waals surface area contributed by atoms with Gasteiger partial charge in [-0.1, -0.05) is 37.6 Å². The molecule has 1 aliphatic heterocycles. The first-order valence-electron chi connectivity index (χ1n) is 14.9. The summed E-state index contributed by atoms with van der Waals surface area (Å²) in [6.45, 7) is 8.08. The third-order valence-electron chi connectivity index (χ3n) is 8.02. The van der Waals surface area contributed by atoms with Crippen molar-refractivity contribution in [2.45, 2.75) is 59.0 Å². The number of amides is 1. The van der Waals surface area contributed by atoms with E-state index in [1.165, 1.54) is 17.7 Å². The van der Waals surface area contributed by atoms with Crippen LogP contribution >= 0.6 is 11.3 Å². The van der Waals surface area contributed by atoms with Crippen molar-refractivity contribution in [3.05, 3.63) is 106 Å². The van der Waals surface area contributed by atoms with Gasteiger partial charge in [0.1, 0.15) is 11.6 Å². The summed E-state index contributed by atoms with van der Waals surface area (Å²) in [5, 5.41) is 7.65. The first-order valence-corrected chi connectivity index (χ1v) is 15.7. The van der Waals surface area contributed by atoms with Crippen molar-refractivity contribution in [2.24, 2.45) is 5.92 Å². The molecular formula is C35H34FN5O2S. The lowest BCUT2D eigenvalue weighted by molar-refractivity contribution is 0.0959. The number of benzene rings is 1. The van der Waals surface area contributed by atoms with E-state index in [2.05, 4.69) is 46.6 Å². The van der Waals surface area contributed by atoms with Crippen LogP contribution < -0.4 is 10.6 Å². The number of carbonyl (C=O) groups is 2. The van der Waals surface area contributed by atoms with Gasteiger partial charge in [-0.2, -0.15) is 0 Å². The van der Waals surface area contributed by atoms with Crippen molar-refractivity contribution in [1.29, 1.82) is 0 Å². The van der Waals surface area contributed by atoms with Crippen molar-refractivity contribution in [2.75, 3.05) is 5.32 Å². The van der Waals surface area contributed by atoms with Gasteiger partial charge in [0.05, 0.1) is 33.7 Å². The molecule has 7 rings (SSSR count). The number of aldehydes is 1. The van der Waals surface area contributed by atoms with Crippen LogP contribution in [0.15, 0.2) is 60.9 Å². The minimum Gasteiger partial charge on any atom is -0.362 e. The van der Waals surface area contributed by atoms with E-state index in [0.29, 0.717) is 29.0 Å². The van der Waals surface area contributed by atoms with E-state index in [4.69, 9.17) is 4.98 Å². The Morgan fingerprint density at radius 1 is 1.11 bits per heavy atom. The summed E-state index contributed by atoms with van der Waals surface area (Å²) < 4.78 is 13.1. The van der Waals surface area contributed by atoms with Crippen molar-refractivity contribution < 1.29 is 14.0 Å². The Morgan fingerprint density at radius 3 is 2.64 bits per heavy atom. The van der Waals surface area contributed by atoms with Crippen LogP contribution in [0.1, 0.15) is 88.2 Å². The average Bonchev–Trinajstić information content (AvgIpc) is 3.70. The third kappa shape index (κ3) is 5.71. The maximum absolute atomic E-state index is 13.0. The maximum atomic E-state index is 13.0. The Hall–Kier alpha value is -4.50. The van der Waals surface area contributed by atoms with Gasteiger partial charge in [0.25, 0.3) is 5.91 Å². The van der Waals surface area contributed by atoms with Crippen LogP contribution in [-0.2, 0) is 12.8 Å². The molecule has 9 heteroatoms. The van der Waals surface area contributed by atoms with Crippen LogP contribution in [-0.4, -0.2) is 27.1 Å². The molecule has 2 unspecified atom stereocenters. The molecule has 0 fully saturated rings. The molecule has 1 aliphatic carbocycles. The molecule has 2 atom stereocenters. The maximum Gasteiger partial charge on any atom is 0.254 e. The Kier molecular flexibility index (Phi) is 8.23. The summed E-state index contributed by atoms with van der Waals surface area (Å²) >= 11 is 1.56. The Bertz CT molecular complexity index is 1850. The van der Waals surface area contributed by atoms with Gasteiger partial charge in [-0.15, -0.1) is 11.3 Å². The third-order valence-corrected chi connectivity index (χ3v) is 9.19. The number of aryl methyl sites for hydroxylation is 2. The molecule has 44 heavy (non-hydrogen) atoms. The van der Waals surface area contributed by atoms with E-state index >= 15 is 0 Å². The molecule has 5 heterocycles. The topological polar surface area (TPSA) is 96.9 Å². The predicted molar refractivity (Wildman–Crippen MR) is 173 cm³/mol. The van der Waals surface area contributed by atoms with E-state index in [9.17, 15) is 14.0 Å². The highest BCUT2D eigenvalue weighted by Gasteiger charge is 2.34. The summed E-state index contributed by atoms with van der Waals surface area (Å²) in [5.74, 6) is 0.788. The normalized spacial score (nSPS) is 16.7. The van der Waals surface area contributed by atoms with Gasteiger partial charge in [-0.05, 0) is 80.3 Å². The summed E-state index contributed by atoms with van der Waals surface area (Å²) in [7, 11) is 0. The number of rotatable bonds is 6. The van der Waals surface area contributed by atoms with Crippen molar-refractivity contribution in [3.8, 4) is 10.4 Å². The summed E-state index contributed by atoms with van der Waals surface area (Å²) in [4.78, 5) is 40.3. The number of halogens is 1. The molecule has 0 spiro atoms. The smallest absolute Gasteiger partial charge is 0.254 e. The van der Waals surface area contributed by atoms with Gasteiger partial charge in [0.2, 0.25) is 0 Å². The monoisotopic (exact) mass is 607 g/mol. The second-order valence-corrected chi connectivity index (χ2v) is 12.8. The summed E-state index contributed by atoms with van der Waals surface area (Å²) in [5.41, 5.74) is 6.63. The lowest BCUT2D eigenvalue weighted by Crippen LogP contribution is -2.16. The second-order valence-electron chi connectivity index (χ2n) is 11.8. The highest BCUT2D eigenvalue weighted by Crippen LogP contribution is 2.44. The van der Waals surface area contributed by atoms with Crippen molar-refractivity contribution in [3.63, 3.8) is 0 Å². The minimum atomic E-state index is -0.192. The molecule has 1 amide bonds. The van der Waals surface area contributed by atoms with Crippen LogP contribution in [0.4, 0.5) is 10.2 Å². The zero-order valence-electron chi connectivity index (χ0n) is 25.1. The number of nitrogens with zero attached hydrogens (tertiary/aromatic N) is 3. The number of fused-ring (bicyclic) bond motifs is 3. The minimum absolute atomic E-state index is 0.150. The van der Waals surface area contributed by atoms with Crippen LogP contribution in [0, 0.1) is 18.7 Å². The van der Waals surface area contributed by atoms with Gasteiger partial charge < -0.3 is 10.6 Å². The van der Waals surface area contributed by atoms with Crippen LogP contribution in [0.25, 0.3) is 20.5 Å². The molecule has 0 saturated heterocycles. The van der Waals surface area contributed by atoms with E-state index in [0.717, 1.165) is 62.6 Å². The Balaban J connectivity index is 0.000000374. The molecule has 2 N–H and O–H groups in total. The number of anilines is 1. The molecule has 0 saturated carbocycles. The number of thiophene rings is 1. The molecule has 1 aromatic carbocycles. The standard InChI is InChI=1S/C28H27N5O2S.C7H7F/c1-14(2)11-21-18(13-34)23(24-25(32-21)15(3)31-28(24)35)22-12-16-8-10-30-27(26(16)36-22)33-20-7-6-19-17(20)5-4-9-29-19;1-6-2-4-7(8)5-3-6/h4-5,8-10,12-15,20H,6-7,11H2,1-3H3,(H,30,33)(H,31,35);2-5H,1H3. The van der Waals surface area contributed by atoms with Gasteiger partial charge in [-0.25, -0.2) is 9.37 Å². The summed E-state index contributed by atoms with van der Waals surface area (Å²) in [6, 6.07) is 14.5. The van der Waals surface area contributed by atoms with E-state index in [1.807, 2.05) is 32.2 Å². The molecule has 224 valence electrons. The molecule has 0 radical (unpaired) electrons. The fourth-order valence-corrected chi connectivity index (χ4v) is 7.10. The molecular weight excluding hydrogens is 573 g/mol. The first-order chi connectivity index (χ1) is 21.2. The fourth-order valence-electron chi connectivity index (χ4n) is 5.93. The van der Waals surface area contributed by atoms with E-state index in [1.54, 1.807) is 29.7 Å². The molecule has 7 nitrogen and oxygen atoms in total. The quantitative estimate of drug-likeness (QED) is 0.191. The number of aromatic nitrogens is 3. The van der Waals surface area contributed by atoms with Gasteiger partial charge in [0.15, 0.2) is 6.29 Å². The number of carbonyl (C=O) groups excluding carboxylic acids is 2. The van der Waals surface area contributed by atoms with Crippen molar-refractivity contribution in [1.82, 2.24) is 20.3 Å². The zero-order chi connectivity index (χ0) is 31.0. The van der Waals surface area contributed by atoms with E-state index in [-0.39, 0.29) is 23.8 Å². The van der Waals surface area contributed by atoms with Crippen LogP contribution in [0.2, 0.25) is 0 Å². The van der Waals surface area contributed by atoms with Gasteiger partial charge >= 0.3 is 0 Å². The predicted octanol–water partition coefficient (Wildman–Crippen LogP) is 7.80. The largest absolute Gasteiger partial charge is 0.362 e. The molecule has 4 aromatic heterocycles. The zero-order valence-corrected chi connectivity index (χ0v) is 26.0. The number of hydrogen-bond acceptors (Lipinski definition) is 7. The average molecular weight is 608 g/mol. The second kappa shape index (κ2) is 12.2. The highest BCUT2D eigenvalue weighted by atomic mass is 32.1. The fraction of sp³-hybridized carbons (Fsp3) is 0.286. The van der Waals surface area contributed by atoms with Crippen LogP contribution in [0.5, 0.6) is 0 Å². The first kappa shape index (κ1) is 29.6. The van der Waals surface area contributed by atoms with E-state index < -0.39 is 0 Å².